The second-order valence-electron chi connectivity index (χ2n) is 7.05. The highest BCUT2D eigenvalue weighted by Gasteiger charge is 2.24. The van der Waals surface area contributed by atoms with Gasteiger partial charge >= 0.3 is 7.60 Å². The van der Waals surface area contributed by atoms with Crippen molar-refractivity contribution < 1.29 is 23.1 Å². The van der Waals surface area contributed by atoms with Crippen molar-refractivity contribution in [3.63, 3.8) is 0 Å². The van der Waals surface area contributed by atoms with E-state index in [2.05, 4.69) is 15.0 Å². The third kappa shape index (κ3) is 7.20. The highest BCUT2D eigenvalue weighted by Crippen LogP contribution is 2.48. The number of aromatic nitrogens is 4. The number of fused-ring (bicyclic) bond motifs is 1. The van der Waals surface area contributed by atoms with Gasteiger partial charge in [0.05, 0.1) is 38.9 Å². The summed E-state index contributed by atoms with van der Waals surface area (Å²) in [6.45, 7) is 5.12. The Hall–Kier alpha value is -2.07. The Balaban J connectivity index is 1.70. The molecule has 2 aromatic heterocycles. The van der Waals surface area contributed by atoms with Gasteiger partial charge in [0.25, 0.3) is 0 Å². The lowest BCUT2D eigenvalue weighted by atomic mass is 10.2. The topological polar surface area (TPSA) is 124 Å². The van der Waals surface area contributed by atoms with Gasteiger partial charge in [-0.15, -0.1) is 0 Å². The van der Waals surface area contributed by atoms with Crippen molar-refractivity contribution in [2.24, 2.45) is 0 Å². The van der Waals surface area contributed by atoms with E-state index in [0.29, 0.717) is 37.4 Å². The zero-order chi connectivity index (χ0) is 23.7. The lowest BCUT2D eigenvalue weighted by Crippen LogP contribution is -2.20. The zero-order valence-electron chi connectivity index (χ0n) is 18.7. The van der Waals surface area contributed by atoms with E-state index in [1.54, 1.807) is 24.7 Å². The molecule has 0 aliphatic carbocycles. The van der Waals surface area contributed by atoms with Crippen LogP contribution in [0.1, 0.15) is 32.1 Å². The van der Waals surface area contributed by atoms with Crippen molar-refractivity contribution in [2.45, 2.75) is 33.1 Å². The summed E-state index contributed by atoms with van der Waals surface area (Å²) in [4.78, 5) is 12.5. The molecule has 0 saturated heterocycles. The molecule has 0 amide bonds. The normalized spacial score (nSPS) is 12.9. The summed E-state index contributed by atoms with van der Waals surface area (Å²) in [6, 6.07) is 9.81. The average molecular weight is 498 g/mol. The number of benzene rings is 1. The summed E-state index contributed by atoms with van der Waals surface area (Å²) in [6.07, 6.45) is 1.71. The fourth-order valence-corrected chi connectivity index (χ4v) is 5.06. The molecule has 180 valence electrons. The largest absolute Gasteiger partial charge is 0.372 e. The van der Waals surface area contributed by atoms with Gasteiger partial charge in [0.1, 0.15) is 5.52 Å². The van der Waals surface area contributed by atoms with Crippen LogP contribution in [0.15, 0.2) is 36.7 Å². The minimum Gasteiger partial charge on any atom is -0.372 e. The minimum atomic E-state index is -3.14. The van der Waals surface area contributed by atoms with E-state index < -0.39 is 13.8 Å². The van der Waals surface area contributed by atoms with Gasteiger partial charge in [0, 0.05) is 6.61 Å². The van der Waals surface area contributed by atoms with Gasteiger partial charge in [-0.05, 0) is 25.8 Å². The summed E-state index contributed by atoms with van der Waals surface area (Å²) in [5, 5.41) is 0.162. The van der Waals surface area contributed by atoms with Gasteiger partial charge in [0.2, 0.25) is 5.95 Å². The van der Waals surface area contributed by atoms with E-state index in [-0.39, 0.29) is 30.5 Å². The molecular formula is C21H29ClN5O5P. The molecule has 0 aliphatic heterocycles. The fraction of sp³-hybridized carbons (Fsp3) is 0.476. The first-order valence-corrected chi connectivity index (χ1v) is 12.8. The van der Waals surface area contributed by atoms with Gasteiger partial charge in [-0.3, -0.25) is 9.13 Å². The van der Waals surface area contributed by atoms with Crippen LogP contribution in [-0.2, 0) is 29.7 Å². The van der Waals surface area contributed by atoms with Crippen molar-refractivity contribution >= 4 is 36.3 Å². The SMILES string of the molecule is CCOP(=O)(CCCO[C@H](COCc1ccccc1)n1cnc2c(Cl)nc(N)nc21)OCC. The Bertz CT molecular complexity index is 1060. The molecule has 0 bridgehead atoms. The number of nitrogens with two attached hydrogens (primary N) is 1. The molecule has 1 aromatic carbocycles. The molecule has 0 aliphatic rings. The van der Waals surface area contributed by atoms with E-state index in [0.717, 1.165) is 5.56 Å². The van der Waals surface area contributed by atoms with Gasteiger partial charge < -0.3 is 24.3 Å². The first-order valence-electron chi connectivity index (χ1n) is 10.7. The van der Waals surface area contributed by atoms with E-state index in [1.165, 1.54) is 0 Å². The van der Waals surface area contributed by atoms with Crippen molar-refractivity contribution in [3.8, 4) is 0 Å². The minimum absolute atomic E-state index is 0.0348. The number of imidazole rings is 1. The first kappa shape index (κ1) is 25.6. The molecular weight excluding hydrogens is 469 g/mol. The lowest BCUT2D eigenvalue weighted by Gasteiger charge is -2.21. The van der Waals surface area contributed by atoms with Crippen LogP contribution in [0.3, 0.4) is 0 Å². The predicted molar refractivity (Wildman–Crippen MR) is 126 cm³/mol. The van der Waals surface area contributed by atoms with E-state index in [9.17, 15) is 4.57 Å². The quantitative estimate of drug-likeness (QED) is 0.195. The maximum atomic E-state index is 12.7. The van der Waals surface area contributed by atoms with E-state index >= 15 is 0 Å². The molecule has 12 heteroatoms. The Morgan fingerprint density at radius 3 is 2.58 bits per heavy atom. The molecule has 0 unspecified atom stereocenters. The smallest absolute Gasteiger partial charge is 0.330 e. The van der Waals surface area contributed by atoms with E-state index in [4.69, 9.17) is 35.9 Å². The number of anilines is 1. The molecule has 33 heavy (non-hydrogen) atoms. The summed E-state index contributed by atoms with van der Waals surface area (Å²) < 4.78 is 37.1. The molecule has 10 nitrogen and oxygen atoms in total. The molecule has 0 radical (unpaired) electrons. The number of nitrogens with zero attached hydrogens (tertiary/aromatic N) is 4. The molecule has 3 rings (SSSR count). The summed E-state index contributed by atoms with van der Waals surface area (Å²) >= 11 is 6.16. The standard InChI is InChI=1S/C21H29ClN5O5P/c1-3-31-33(28,32-4-2)12-8-11-30-17(14-29-13-16-9-6-5-7-10-16)27-15-24-18-19(22)25-21(23)26-20(18)27/h5-7,9-10,15,17H,3-4,8,11-14H2,1-2H3,(H2,23,25,26)/t17-/m1/s1. The van der Waals surface area contributed by atoms with Gasteiger partial charge in [-0.2, -0.15) is 9.97 Å². The fourth-order valence-electron chi connectivity index (χ4n) is 3.21. The Kier molecular flexibility index (Phi) is 9.61. The summed E-state index contributed by atoms with van der Waals surface area (Å²) in [5.41, 5.74) is 7.67. The highest BCUT2D eigenvalue weighted by molar-refractivity contribution is 7.53. The molecule has 0 spiro atoms. The second-order valence-corrected chi connectivity index (χ2v) is 9.59. The van der Waals surface area contributed by atoms with Crippen LogP contribution < -0.4 is 5.73 Å². The third-order valence-electron chi connectivity index (χ3n) is 4.62. The van der Waals surface area contributed by atoms with Crippen LogP contribution >= 0.6 is 19.2 Å². The van der Waals surface area contributed by atoms with Crippen molar-refractivity contribution in [1.29, 1.82) is 0 Å². The molecule has 0 fully saturated rings. The maximum Gasteiger partial charge on any atom is 0.330 e. The Morgan fingerprint density at radius 1 is 1.15 bits per heavy atom. The monoisotopic (exact) mass is 497 g/mol. The van der Waals surface area contributed by atoms with Crippen molar-refractivity contribution in [1.82, 2.24) is 19.5 Å². The van der Waals surface area contributed by atoms with Crippen LogP contribution in [0, 0.1) is 0 Å². The number of rotatable bonds is 14. The van der Waals surface area contributed by atoms with Crippen molar-refractivity contribution in [2.75, 3.05) is 38.3 Å². The summed E-state index contributed by atoms with van der Waals surface area (Å²) in [5.74, 6) is 0.0348. The number of ether oxygens (including phenoxy) is 2. The average Bonchev–Trinajstić information content (AvgIpc) is 3.20. The van der Waals surface area contributed by atoms with Crippen LogP contribution in [-0.4, -0.2) is 52.1 Å². The van der Waals surface area contributed by atoms with Gasteiger partial charge in [-0.25, -0.2) is 4.98 Å². The van der Waals surface area contributed by atoms with Gasteiger partial charge in [0.15, 0.2) is 17.0 Å². The summed E-state index contributed by atoms with van der Waals surface area (Å²) in [7, 11) is -3.14. The Morgan fingerprint density at radius 2 is 1.88 bits per heavy atom. The highest BCUT2D eigenvalue weighted by atomic mass is 35.5. The molecule has 2 N–H and O–H groups in total. The van der Waals surface area contributed by atoms with Gasteiger partial charge in [-0.1, -0.05) is 41.9 Å². The maximum absolute atomic E-state index is 12.7. The van der Waals surface area contributed by atoms with Crippen LogP contribution in [0.4, 0.5) is 5.95 Å². The molecule has 2 heterocycles. The molecule has 1 atom stereocenters. The number of hydrogen-bond donors (Lipinski definition) is 1. The predicted octanol–water partition coefficient (Wildman–Crippen LogP) is 4.45. The number of halogens is 1. The lowest BCUT2D eigenvalue weighted by molar-refractivity contribution is -0.0599. The van der Waals surface area contributed by atoms with E-state index in [1.807, 2.05) is 30.3 Å². The zero-order valence-corrected chi connectivity index (χ0v) is 20.4. The third-order valence-corrected chi connectivity index (χ3v) is 7.05. The molecule has 0 saturated carbocycles. The van der Waals surface area contributed by atoms with Crippen LogP contribution in [0.5, 0.6) is 0 Å². The number of nitrogen functional groups attached to an aromatic ring is 1. The van der Waals surface area contributed by atoms with Crippen molar-refractivity contribution in [3.05, 3.63) is 47.4 Å². The first-order chi connectivity index (χ1) is 16.0. The van der Waals surface area contributed by atoms with Crippen LogP contribution in [0.25, 0.3) is 11.2 Å². The Labute approximate surface area is 197 Å². The second kappa shape index (κ2) is 12.4. The molecule has 3 aromatic rings. The van der Waals surface area contributed by atoms with Crippen LogP contribution in [0.2, 0.25) is 5.15 Å². The number of hydrogen-bond acceptors (Lipinski definition) is 9.